The van der Waals surface area contributed by atoms with Gasteiger partial charge < -0.3 is 10.2 Å². The number of nitrogens with zero attached hydrogens (tertiary/aromatic N) is 1. The van der Waals surface area contributed by atoms with Crippen LogP contribution in [-0.4, -0.2) is 28.8 Å². The largest absolute Gasteiger partial charge is 0.342 e. The summed E-state index contributed by atoms with van der Waals surface area (Å²) in [5, 5.41) is 2.91. The Morgan fingerprint density at radius 3 is 2.48 bits per heavy atom. The third-order valence-electron chi connectivity index (χ3n) is 4.51. The van der Waals surface area contributed by atoms with Gasteiger partial charge in [0.05, 0.1) is 0 Å². The first-order chi connectivity index (χ1) is 10.1. The van der Waals surface area contributed by atoms with E-state index in [4.69, 9.17) is 0 Å². The van der Waals surface area contributed by atoms with Crippen molar-refractivity contribution in [1.82, 2.24) is 10.2 Å². The smallest absolute Gasteiger partial charge is 0.248 e. The van der Waals surface area contributed by atoms with Crippen LogP contribution in [0, 0.1) is 5.92 Å². The summed E-state index contributed by atoms with van der Waals surface area (Å²) in [7, 11) is 0. The van der Waals surface area contributed by atoms with Gasteiger partial charge in [-0.05, 0) is 24.3 Å². The van der Waals surface area contributed by atoms with Gasteiger partial charge in [0.2, 0.25) is 11.8 Å². The Morgan fingerprint density at radius 2 is 1.90 bits per heavy atom. The molecule has 4 atom stereocenters. The van der Waals surface area contributed by atoms with E-state index in [1.165, 1.54) is 0 Å². The van der Waals surface area contributed by atoms with Gasteiger partial charge in [0.25, 0.3) is 0 Å². The quantitative estimate of drug-likeness (QED) is 0.923. The van der Waals surface area contributed by atoms with Crippen LogP contribution in [0.3, 0.4) is 0 Å². The molecule has 1 aromatic rings. The third-order valence-corrected chi connectivity index (χ3v) is 4.51. The zero-order chi connectivity index (χ0) is 15.0. The van der Waals surface area contributed by atoms with E-state index in [1.807, 2.05) is 42.2 Å². The molecule has 1 aliphatic heterocycles. The summed E-state index contributed by atoms with van der Waals surface area (Å²) in [5.41, 5.74) is 0.900. The monoisotopic (exact) mass is 286 g/mol. The lowest BCUT2D eigenvalue weighted by Gasteiger charge is -2.39. The fraction of sp³-hybridized carbons (Fsp3) is 0.529. The minimum absolute atomic E-state index is 0.0432. The summed E-state index contributed by atoms with van der Waals surface area (Å²) in [6, 6.07) is 9.01. The predicted octanol–water partition coefficient (Wildman–Crippen LogP) is 2.26. The molecule has 0 bridgehead atoms. The summed E-state index contributed by atoms with van der Waals surface area (Å²) in [6.07, 6.45) is 2.60. The predicted molar refractivity (Wildman–Crippen MR) is 80.4 cm³/mol. The molecule has 1 aromatic carbocycles. The Kier molecular flexibility index (Phi) is 3.70. The topological polar surface area (TPSA) is 49.4 Å². The van der Waals surface area contributed by atoms with E-state index in [0.717, 1.165) is 18.4 Å². The average molecular weight is 286 g/mol. The van der Waals surface area contributed by atoms with Crippen molar-refractivity contribution in [2.45, 2.75) is 51.2 Å². The van der Waals surface area contributed by atoms with Crippen molar-refractivity contribution in [1.29, 1.82) is 0 Å². The van der Waals surface area contributed by atoms with Gasteiger partial charge in [-0.25, -0.2) is 0 Å². The molecule has 112 valence electrons. The number of rotatable bonds is 4. The Hall–Kier alpha value is -1.84. The highest BCUT2D eigenvalue weighted by Gasteiger charge is 2.50. The fourth-order valence-electron chi connectivity index (χ4n) is 3.22. The summed E-state index contributed by atoms with van der Waals surface area (Å²) >= 11 is 0. The van der Waals surface area contributed by atoms with Crippen LogP contribution < -0.4 is 5.32 Å². The highest BCUT2D eigenvalue weighted by Crippen LogP contribution is 2.41. The Balaban J connectivity index is 1.94. The van der Waals surface area contributed by atoms with Gasteiger partial charge in [0.1, 0.15) is 12.1 Å². The zero-order valence-corrected chi connectivity index (χ0v) is 12.6. The first-order valence-electron chi connectivity index (χ1n) is 7.81. The number of nitrogens with one attached hydrogen (secondary N) is 1. The SMILES string of the molecule is CCCC1NC(=O)C(c2ccccc2)N(C2CC2C)C1=O. The highest BCUT2D eigenvalue weighted by atomic mass is 16.2. The van der Waals surface area contributed by atoms with Crippen LogP contribution in [0.4, 0.5) is 0 Å². The number of carbonyl (C=O) groups excluding carboxylic acids is 2. The van der Waals surface area contributed by atoms with E-state index < -0.39 is 6.04 Å². The minimum Gasteiger partial charge on any atom is -0.342 e. The van der Waals surface area contributed by atoms with E-state index in [0.29, 0.717) is 12.3 Å². The number of benzene rings is 1. The van der Waals surface area contributed by atoms with Gasteiger partial charge in [0.15, 0.2) is 0 Å². The van der Waals surface area contributed by atoms with E-state index >= 15 is 0 Å². The number of hydrogen-bond donors (Lipinski definition) is 1. The number of hydrogen-bond acceptors (Lipinski definition) is 2. The van der Waals surface area contributed by atoms with Gasteiger partial charge in [-0.1, -0.05) is 50.6 Å². The first-order valence-corrected chi connectivity index (χ1v) is 7.81. The van der Waals surface area contributed by atoms with Crippen LogP contribution in [0.1, 0.15) is 44.7 Å². The van der Waals surface area contributed by atoms with Crippen molar-refractivity contribution in [2.24, 2.45) is 5.92 Å². The van der Waals surface area contributed by atoms with Crippen LogP contribution >= 0.6 is 0 Å². The summed E-state index contributed by atoms with van der Waals surface area (Å²) < 4.78 is 0. The zero-order valence-electron chi connectivity index (χ0n) is 12.6. The van der Waals surface area contributed by atoms with E-state index in [2.05, 4.69) is 12.2 Å². The standard InChI is InChI=1S/C17H22N2O2/c1-3-7-13-17(21)19(14-10-11(14)2)15(16(20)18-13)12-8-5-4-6-9-12/h4-6,8-9,11,13-15H,3,7,10H2,1-2H3,(H,18,20). The van der Waals surface area contributed by atoms with Crippen LogP contribution in [0.2, 0.25) is 0 Å². The second-order valence-electron chi connectivity index (χ2n) is 6.19. The molecular formula is C17H22N2O2. The molecule has 4 unspecified atom stereocenters. The maximum Gasteiger partial charge on any atom is 0.248 e. The first kappa shape index (κ1) is 14.1. The van der Waals surface area contributed by atoms with E-state index in [9.17, 15) is 9.59 Å². The van der Waals surface area contributed by atoms with Crippen molar-refractivity contribution < 1.29 is 9.59 Å². The second-order valence-corrected chi connectivity index (χ2v) is 6.19. The molecule has 2 fully saturated rings. The van der Waals surface area contributed by atoms with Crippen molar-refractivity contribution >= 4 is 11.8 Å². The van der Waals surface area contributed by atoms with Crippen molar-refractivity contribution in [3.8, 4) is 0 Å². The minimum atomic E-state index is -0.471. The molecular weight excluding hydrogens is 264 g/mol. The maximum atomic E-state index is 12.8. The molecule has 4 heteroatoms. The van der Waals surface area contributed by atoms with Crippen LogP contribution in [0.5, 0.6) is 0 Å². The van der Waals surface area contributed by atoms with E-state index in [1.54, 1.807) is 0 Å². The van der Waals surface area contributed by atoms with Crippen molar-refractivity contribution in [3.05, 3.63) is 35.9 Å². The van der Waals surface area contributed by atoms with Gasteiger partial charge in [0, 0.05) is 6.04 Å². The van der Waals surface area contributed by atoms with Crippen LogP contribution in [0.15, 0.2) is 30.3 Å². The van der Waals surface area contributed by atoms with Crippen molar-refractivity contribution in [2.75, 3.05) is 0 Å². The number of amides is 2. The van der Waals surface area contributed by atoms with Gasteiger partial charge in [-0.3, -0.25) is 9.59 Å². The van der Waals surface area contributed by atoms with Gasteiger partial charge in [-0.2, -0.15) is 0 Å². The normalized spacial score (nSPS) is 32.0. The number of carbonyl (C=O) groups is 2. The molecule has 1 saturated carbocycles. The average Bonchev–Trinajstić information content (AvgIpc) is 3.20. The molecule has 0 spiro atoms. The molecule has 3 rings (SSSR count). The van der Waals surface area contributed by atoms with Crippen LogP contribution in [-0.2, 0) is 9.59 Å². The summed E-state index contributed by atoms with van der Waals surface area (Å²) in [4.78, 5) is 27.2. The Bertz CT molecular complexity index is 543. The summed E-state index contributed by atoms with van der Waals surface area (Å²) in [5.74, 6) is 0.534. The molecule has 1 heterocycles. The molecule has 2 amide bonds. The Morgan fingerprint density at radius 1 is 1.24 bits per heavy atom. The molecule has 4 nitrogen and oxygen atoms in total. The lowest BCUT2D eigenvalue weighted by atomic mass is 9.97. The molecule has 0 aromatic heterocycles. The Labute approximate surface area is 125 Å². The molecule has 21 heavy (non-hydrogen) atoms. The molecule has 0 radical (unpaired) electrons. The third kappa shape index (κ3) is 2.55. The van der Waals surface area contributed by atoms with Crippen molar-refractivity contribution in [3.63, 3.8) is 0 Å². The highest BCUT2D eigenvalue weighted by molar-refractivity contribution is 5.98. The fourth-order valence-corrected chi connectivity index (χ4v) is 3.22. The lowest BCUT2D eigenvalue weighted by molar-refractivity contribution is -0.150. The molecule has 2 aliphatic rings. The van der Waals surface area contributed by atoms with Gasteiger partial charge in [-0.15, -0.1) is 0 Å². The molecule has 1 N–H and O–H groups in total. The lowest BCUT2D eigenvalue weighted by Crippen LogP contribution is -2.60. The maximum absolute atomic E-state index is 12.8. The summed E-state index contributed by atoms with van der Waals surface area (Å²) in [6.45, 7) is 4.17. The number of piperazine rings is 1. The van der Waals surface area contributed by atoms with Crippen LogP contribution in [0.25, 0.3) is 0 Å². The second kappa shape index (κ2) is 5.51. The molecule has 1 aliphatic carbocycles. The molecule has 1 saturated heterocycles. The van der Waals surface area contributed by atoms with E-state index in [-0.39, 0.29) is 23.9 Å². The van der Waals surface area contributed by atoms with Gasteiger partial charge >= 0.3 is 0 Å².